The Morgan fingerprint density at radius 2 is 1.88 bits per heavy atom. The Morgan fingerprint density at radius 1 is 1.06 bits per heavy atom. The van der Waals surface area contributed by atoms with Gasteiger partial charge in [-0.05, 0) is 49.2 Å². The van der Waals surface area contributed by atoms with Crippen molar-refractivity contribution >= 4 is 55.9 Å². The summed E-state index contributed by atoms with van der Waals surface area (Å²) in [5.41, 5.74) is 4.06. The average Bonchev–Trinajstić information content (AvgIpc) is 3.48. The van der Waals surface area contributed by atoms with Crippen molar-refractivity contribution in [2.45, 2.75) is 18.9 Å². The monoisotopic (exact) mass is 492 g/mol. The summed E-state index contributed by atoms with van der Waals surface area (Å²) in [6, 6.07) is 12.7. The lowest BCUT2D eigenvalue weighted by Gasteiger charge is -2.08. The molecule has 1 aliphatic rings. The van der Waals surface area contributed by atoms with Gasteiger partial charge in [-0.1, -0.05) is 35.2 Å². The standard InChI is InChI=1S/C24H20N4O4S2/c1-13-5-6-14(2)21-20(13)27-24(34-21)28-22(30)16-4-3-9-25-23(16)33-11-19(29)26-15-7-8-17-18(10-15)32-12-31-17/h3-10H,11-12H2,1-2H3,(H,26,29)(H,27,28,30). The van der Waals surface area contributed by atoms with Crippen molar-refractivity contribution in [3.8, 4) is 11.5 Å². The molecule has 0 fully saturated rings. The van der Waals surface area contributed by atoms with E-state index in [0.717, 1.165) is 21.3 Å². The summed E-state index contributed by atoms with van der Waals surface area (Å²) in [6.45, 7) is 4.19. The quantitative estimate of drug-likeness (QED) is 0.364. The lowest BCUT2D eigenvalue weighted by molar-refractivity contribution is -0.113. The number of thiazole rings is 1. The van der Waals surface area contributed by atoms with Crippen LogP contribution < -0.4 is 20.1 Å². The van der Waals surface area contributed by atoms with Crippen LogP contribution in [-0.2, 0) is 4.79 Å². The van der Waals surface area contributed by atoms with Crippen LogP contribution in [0.3, 0.4) is 0 Å². The minimum Gasteiger partial charge on any atom is -0.454 e. The number of nitrogens with one attached hydrogen (secondary N) is 2. The van der Waals surface area contributed by atoms with E-state index in [9.17, 15) is 9.59 Å². The number of carbonyl (C=O) groups is 2. The molecule has 0 saturated heterocycles. The van der Waals surface area contributed by atoms with E-state index in [0.29, 0.717) is 32.9 Å². The topological polar surface area (TPSA) is 102 Å². The maximum atomic E-state index is 13.0. The number of ether oxygens (including phenoxy) is 2. The molecule has 2 N–H and O–H groups in total. The summed E-state index contributed by atoms with van der Waals surface area (Å²) < 4.78 is 11.7. The summed E-state index contributed by atoms with van der Waals surface area (Å²) in [5, 5.41) is 6.70. The highest BCUT2D eigenvalue weighted by molar-refractivity contribution is 8.00. The maximum Gasteiger partial charge on any atom is 0.260 e. The van der Waals surface area contributed by atoms with E-state index in [1.54, 1.807) is 36.5 Å². The molecule has 2 amide bonds. The van der Waals surface area contributed by atoms with E-state index in [1.165, 1.54) is 23.1 Å². The molecule has 0 spiro atoms. The van der Waals surface area contributed by atoms with E-state index in [1.807, 2.05) is 26.0 Å². The lowest BCUT2D eigenvalue weighted by Crippen LogP contribution is -2.16. The number of hydrogen-bond acceptors (Lipinski definition) is 8. The molecule has 2 aromatic carbocycles. The molecule has 34 heavy (non-hydrogen) atoms. The van der Waals surface area contributed by atoms with Crippen LogP contribution >= 0.6 is 23.1 Å². The molecule has 3 heterocycles. The fraction of sp³-hybridized carbons (Fsp3) is 0.167. The molecule has 0 unspecified atom stereocenters. The molecule has 5 rings (SSSR count). The van der Waals surface area contributed by atoms with Gasteiger partial charge < -0.3 is 14.8 Å². The number of anilines is 2. The molecule has 0 bridgehead atoms. The predicted molar refractivity (Wildman–Crippen MR) is 133 cm³/mol. The molecule has 0 atom stereocenters. The Balaban J connectivity index is 1.26. The Bertz CT molecular complexity index is 1380. The number of benzene rings is 2. The normalized spacial score (nSPS) is 12.1. The van der Waals surface area contributed by atoms with Crippen molar-refractivity contribution in [1.82, 2.24) is 9.97 Å². The molecule has 0 radical (unpaired) electrons. The number of carbonyl (C=O) groups excluding carboxylic acids is 2. The van der Waals surface area contributed by atoms with Crippen LogP contribution in [0, 0.1) is 13.8 Å². The third-order valence-electron chi connectivity index (χ3n) is 5.17. The van der Waals surface area contributed by atoms with Gasteiger partial charge >= 0.3 is 0 Å². The number of amides is 2. The Labute approximate surface area is 203 Å². The molecule has 0 saturated carbocycles. The molecule has 172 valence electrons. The number of fused-ring (bicyclic) bond motifs is 2. The first-order valence-corrected chi connectivity index (χ1v) is 12.2. The zero-order valence-corrected chi connectivity index (χ0v) is 20.0. The summed E-state index contributed by atoms with van der Waals surface area (Å²) in [4.78, 5) is 34.4. The van der Waals surface area contributed by atoms with E-state index in [4.69, 9.17) is 9.47 Å². The molecular formula is C24H20N4O4S2. The number of rotatable bonds is 6. The molecule has 1 aliphatic heterocycles. The third kappa shape index (κ3) is 4.55. The second-order valence-electron chi connectivity index (χ2n) is 7.61. The first-order valence-electron chi connectivity index (χ1n) is 10.4. The van der Waals surface area contributed by atoms with Crippen molar-refractivity contribution < 1.29 is 19.1 Å². The SMILES string of the molecule is Cc1ccc(C)c2sc(NC(=O)c3cccnc3SCC(=O)Nc3ccc4c(c3)OCO4)nc12. The van der Waals surface area contributed by atoms with Gasteiger partial charge in [-0.2, -0.15) is 0 Å². The molecule has 2 aromatic heterocycles. The van der Waals surface area contributed by atoms with E-state index >= 15 is 0 Å². The molecule has 10 heteroatoms. The zero-order chi connectivity index (χ0) is 23.7. The Hall–Kier alpha value is -3.63. The lowest BCUT2D eigenvalue weighted by atomic mass is 10.1. The highest BCUT2D eigenvalue weighted by Gasteiger charge is 2.18. The fourth-order valence-corrected chi connectivity index (χ4v) is 5.26. The Kier molecular flexibility index (Phi) is 6.08. The highest BCUT2D eigenvalue weighted by atomic mass is 32.2. The van der Waals surface area contributed by atoms with Gasteiger partial charge in [-0.25, -0.2) is 9.97 Å². The van der Waals surface area contributed by atoms with E-state index in [2.05, 4.69) is 20.6 Å². The number of thioether (sulfide) groups is 1. The van der Waals surface area contributed by atoms with E-state index < -0.39 is 0 Å². The van der Waals surface area contributed by atoms with Crippen molar-refractivity contribution in [2.75, 3.05) is 23.2 Å². The smallest absolute Gasteiger partial charge is 0.260 e. The fourth-order valence-electron chi connectivity index (χ4n) is 3.46. The van der Waals surface area contributed by atoms with E-state index in [-0.39, 0.29) is 24.4 Å². The van der Waals surface area contributed by atoms with Gasteiger partial charge in [0, 0.05) is 18.0 Å². The largest absolute Gasteiger partial charge is 0.454 e. The summed E-state index contributed by atoms with van der Waals surface area (Å²) >= 11 is 2.63. The van der Waals surface area contributed by atoms with Crippen LogP contribution in [0.1, 0.15) is 21.5 Å². The summed E-state index contributed by atoms with van der Waals surface area (Å²) in [7, 11) is 0. The molecule has 8 nitrogen and oxygen atoms in total. The second kappa shape index (κ2) is 9.32. The van der Waals surface area contributed by atoms with Crippen molar-refractivity contribution in [3.63, 3.8) is 0 Å². The van der Waals surface area contributed by atoms with Crippen molar-refractivity contribution in [2.24, 2.45) is 0 Å². The highest BCUT2D eigenvalue weighted by Crippen LogP contribution is 2.34. The van der Waals surface area contributed by atoms with Gasteiger partial charge in [0.1, 0.15) is 5.03 Å². The van der Waals surface area contributed by atoms with Crippen molar-refractivity contribution in [1.29, 1.82) is 0 Å². The molecule has 4 aromatic rings. The van der Waals surface area contributed by atoms with Crippen LogP contribution in [0.25, 0.3) is 10.2 Å². The zero-order valence-electron chi connectivity index (χ0n) is 18.4. The molecule has 0 aliphatic carbocycles. The number of aromatic nitrogens is 2. The van der Waals surface area contributed by atoms with Crippen LogP contribution in [0.5, 0.6) is 11.5 Å². The van der Waals surface area contributed by atoms with Gasteiger partial charge in [0.25, 0.3) is 5.91 Å². The number of nitrogens with zero attached hydrogens (tertiary/aromatic N) is 2. The Morgan fingerprint density at radius 3 is 2.74 bits per heavy atom. The van der Waals surface area contributed by atoms with Gasteiger partial charge in [-0.3, -0.25) is 14.9 Å². The number of pyridine rings is 1. The predicted octanol–water partition coefficient (Wildman–Crippen LogP) is 5.02. The first kappa shape index (κ1) is 22.2. The maximum absolute atomic E-state index is 13.0. The van der Waals surface area contributed by atoms with Gasteiger partial charge in [0.15, 0.2) is 16.6 Å². The van der Waals surface area contributed by atoms with Gasteiger partial charge in [-0.15, -0.1) is 0 Å². The van der Waals surface area contributed by atoms with Gasteiger partial charge in [0.05, 0.1) is 21.5 Å². The molecular weight excluding hydrogens is 472 g/mol. The van der Waals surface area contributed by atoms with Crippen molar-refractivity contribution in [3.05, 3.63) is 65.4 Å². The average molecular weight is 493 g/mol. The van der Waals surface area contributed by atoms with Crippen LogP contribution in [-0.4, -0.2) is 34.3 Å². The van der Waals surface area contributed by atoms with Crippen LogP contribution in [0.4, 0.5) is 10.8 Å². The number of aryl methyl sites for hydroxylation is 2. The van der Waals surface area contributed by atoms with Gasteiger partial charge in [0.2, 0.25) is 12.7 Å². The summed E-state index contributed by atoms with van der Waals surface area (Å²) in [6.07, 6.45) is 1.60. The summed E-state index contributed by atoms with van der Waals surface area (Å²) in [5.74, 6) is 0.786. The third-order valence-corrected chi connectivity index (χ3v) is 7.29. The first-order chi connectivity index (χ1) is 16.5. The number of hydrogen-bond donors (Lipinski definition) is 2. The minimum atomic E-state index is -0.318. The van der Waals surface area contributed by atoms with Crippen LogP contribution in [0.15, 0.2) is 53.7 Å². The van der Waals surface area contributed by atoms with Crippen LogP contribution in [0.2, 0.25) is 0 Å². The minimum absolute atomic E-state index is 0.0886. The second-order valence-corrected chi connectivity index (χ2v) is 9.57.